The number of allylic oxidation sites excluding steroid dienone is 5. The maximum absolute atomic E-state index is 12.4. The molecule has 238 valence electrons. The Labute approximate surface area is 274 Å². The van der Waals surface area contributed by atoms with E-state index in [9.17, 15) is 13.0 Å². The van der Waals surface area contributed by atoms with Crippen molar-refractivity contribution in [2.75, 3.05) is 18.5 Å². The molecule has 0 unspecified atom stereocenters. The topological polar surface area (TPSA) is 104 Å². The van der Waals surface area contributed by atoms with Crippen LogP contribution in [0.15, 0.2) is 132 Å². The Balaban J connectivity index is 1.52. The summed E-state index contributed by atoms with van der Waals surface area (Å²) in [5, 5.41) is 7.26. The van der Waals surface area contributed by atoms with Gasteiger partial charge in [0.2, 0.25) is 5.71 Å². The van der Waals surface area contributed by atoms with Crippen LogP contribution < -0.4 is 15.2 Å². The fraction of sp³-hybridized carbons (Fsp3) is 0.132. The van der Waals surface area contributed by atoms with Gasteiger partial charge in [-0.05, 0) is 83.8 Å². The first-order valence-electron chi connectivity index (χ1n) is 15.4. The monoisotopic (exact) mass is 646 g/mol. The Bertz CT molecular complexity index is 2140. The van der Waals surface area contributed by atoms with Crippen molar-refractivity contribution >= 4 is 43.7 Å². The maximum Gasteiger partial charge on any atom is 0.300 e. The van der Waals surface area contributed by atoms with Gasteiger partial charge in [0.05, 0.1) is 18.0 Å². The number of benzene rings is 4. The molecule has 0 fully saturated rings. The van der Waals surface area contributed by atoms with Gasteiger partial charge in [-0.15, -0.1) is 0 Å². The first kappa shape index (κ1) is 31.6. The van der Waals surface area contributed by atoms with E-state index in [0.717, 1.165) is 50.1 Å². The fourth-order valence-electron chi connectivity index (χ4n) is 5.92. The summed E-state index contributed by atoms with van der Waals surface area (Å²) in [6.45, 7) is 4.47. The molecule has 5 aromatic rings. The van der Waals surface area contributed by atoms with Crippen LogP contribution in [0.3, 0.4) is 0 Å². The number of anilines is 2. The number of ether oxygens (including phenoxy) is 1. The van der Waals surface area contributed by atoms with E-state index in [4.69, 9.17) is 9.57 Å². The number of aromatic nitrogens is 1. The van der Waals surface area contributed by atoms with Gasteiger partial charge in [-0.3, -0.25) is 9.39 Å². The van der Waals surface area contributed by atoms with Gasteiger partial charge in [-0.2, -0.15) is 8.42 Å². The number of aryl methyl sites for hydroxylation is 1. The van der Waals surface area contributed by atoms with Crippen molar-refractivity contribution in [1.82, 2.24) is 4.57 Å². The summed E-state index contributed by atoms with van der Waals surface area (Å²) in [5.74, 6) is 0.0823. The van der Waals surface area contributed by atoms with Crippen molar-refractivity contribution in [1.29, 1.82) is 0 Å². The van der Waals surface area contributed by atoms with Gasteiger partial charge < -0.3 is 14.6 Å². The van der Waals surface area contributed by atoms with Crippen LogP contribution in [0.4, 0.5) is 11.4 Å². The van der Waals surface area contributed by atoms with Gasteiger partial charge in [0.1, 0.15) is 5.75 Å². The van der Waals surface area contributed by atoms with E-state index >= 15 is 0 Å². The van der Waals surface area contributed by atoms with Gasteiger partial charge in [-0.25, -0.2) is 0 Å². The zero-order chi connectivity index (χ0) is 33.0. The minimum absolute atomic E-state index is 0.0823. The molecule has 0 saturated carbocycles. The van der Waals surface area contributed by atoms with Crippen molar-refractivity contribution < 1.29 is 27.7 Å². The molecule has 1 aliphatic carbocycles. The number of hydrogen-bond donors (Lipinski definition) is 3. The third-order valence-electron chi connectivity index (χ3n) is 7.90. The van der Waals surface area contributed by atoms with Crippen molar-refractivity contribution in [3.8, 4) is 17.0 Å². The Kier molecular flexibility index (Phi) is 9.10. The predicted octanol–water partition coefficient (Wildman–Crippen LogP) is 6.64. The highest BCUT2D eigenvalue weighted by molar-refractivity contribution is 7.86. The summed E-state index contributed by atoms with van der Waals surface area (Å²) < 4.78 is 42.5. The Morgan fingerprint density at radius 2 is 1.53 bits per heavy atom. The van der Waals surface area contributed by atoms with Crippen LogP contribution in [0.1, 0.15) is 25.0 Å². The van der Waals surface area contributed by atoms with Crippen LogP contribution in [0, 0.1) is 0 Å². The lowest BCUT2D eigenvalue weighted by molar-refractivity contribution is -0.751. The molecule has 0 radical (unpaired) electrons. The molecular formula is C38H36N3O5S+. The lowest BCUT2D eigenvalue weighted by Gasteiger charge is -2.17. The quantitative estimate of drug-likeness (QED) is 0.116. The van der Waals surface area contributed by atoms with E-state index in [0.29, 0.717) is 12.3 Å². The van der Waals surface area contributed by atoms with Crippen LogP contribution in [-0.2, 0) is 22.0 Å². The number of para-hydroxylation sites is 1. The summed E-state index contributed by atoms with van der Waals surface area (Å²) in [4.78, 5) is 5.11. The summed E-state index contributed by atoms with van der Waals surface area (Å²) in [6.07, 6.45) is 8.15. The summed E-state index contributed by atoms with van der Waals surface area (Å²) >= 11 is 0. The Morgan fingerprint density at radius 3 is 2.21 bits per heavy atom. The summed E-state index contributed by atoms with van der Waals surface area (Å²) in [5.41, 5.74) is 9.11. The molecular weight excluding hydrogens is 611 g/mol. The van der Waals surface area contributed by atoms with Crippen molar-refractivity contribution in [3.63, 3.8) is 0 Å². The average Bonchev–Trinajstić information content (AvgIpc) is 3.37. The first-order chi connectivity index (χ1) is 22.8. The van der Waals surface area contributed by atoms with Crippen LogP contribution in [0.5, 0.6) is 5.75 Å². The molecule has 1 heterocycles. The summed E-state index contributed by atoms with van der Waals surface area (Å²) in [6, 6.07) is 31.4. The average molecular weight is 647 g/mol. The van der Waals surface area contributed by atoms with Crippen LogP contribution in [-0.4, -0.2) is 36.5 Å². The second-order valence-corrected chi connectivity index (χ2v) is 12.3. The third kappa shape index (κ3) is 6.49. The van der Waals surface area contributed by atoms with Gasteiger partial charge in [0.25, 0.3) is 10.1 Å². The molecule has 4 aromatic carbocycles. The number of nitrogens with zero attached hydrogens (tertiary/aromatic N) is 1. The highest BCUT2D eigenvalue weighted by Crippen LogP contribution is 2.43. The standard InChI is InChI=1S/C38H35N3O5S/c1-4-45-34-17-11-15-32(38(34)47(42,43)44)39-29-22-18-26(19-23-29)35(27-20-24-30(25-21-27)40-46-5-2)36-31-14-9-10-16-33(31)41(3)37(36)28-12-7-6-8-13-28/h6-25,39H,4-5H2,1-3H3,(H,42,43,44)/p+1. The van der Waals surface area contributed by atoms with Gasteiger partial charge >= 0.3 is 0 Å². The van der Waals surface area contributed by atoms with Gasteiger partial charge in [0, 0.05) is 41.4 Å². The molecule has 0 bridgehead atoms. The minimum Gasteiger partial charge on any atom is -0.492 e. The molecule has 0 spiro atoms. The van der Waals surface area contributed by atoms with Crippen molar-refractivity contribution in [2.45, 2.75) is 18.7 Å². The SMILES string of the molecule is CCO[NH+]=C1C=CC(=C(c2ccc(Nc3cccc(OCC)c3S(=O)(=O)O)cc2)c2c(-c3ccccc3)n(C)c3ccccc23)C=C1. The molecule has 9 heteroatoms. The minimum atomic E-state index is -4.57. The third-order valence-corrected chi connectivity index (χ3v) is 8.84. The molecule has 0 amide bonds. The highest BCUT2D eigenvalue weighted by Gasteiger charge is 2.24. The lowest BCUT2D eigenvalue weighted by Crippen LogP contribution is -2.71. The number of hydrogen-bond acceptors (Lipinski definition) is 5. The van der Waals surface area contributed by atoms with Crippen LogP contribution in [0.2, 0.25) is 0 Å². The van der Waals surface area contributed by atoms with Crippen molar-refractivity contribution in [3.05, 3.63) is 138 Å². The molecule has 0 aliphatic heterocycles. The van der Waals surface area contributed by atoms with Gasteiger partial charge in [0.15, 0.2) is 11.5 Å². The number of fused-ring (bicyclic) bond motifs is 1. The lowest BCUT2D eigenvalue weighted by atomic mass is 9.87. The first-order valence-corrected chi connectivity index (χ1v) is 16.8. The van der Waals surface area contributed by atoms with Crippen molar-refractivity contribution in [2.24, 2.45) is 7.05 Å². The van der Waals surface area contributed by atoms with E-state index in [1.807, 2.05) is 61.5 Å². The Morgan fingerprint density at radius 1 is 0.830 bits per heavy atom. The van der Waals surface area contributed by atoms with Gasteiger partial charge in [-0.1, -0.05) is 66.7 Å². The van der Waals surface area contributed by atoms with E-state index in [2.05, 4.69) is 70.6 Å². The zero-order valence-electron chi connectivity index (χ0n) is 26.4. The molecule has 6 rings (SSSR count). The molecule has 8 nitrogen and oxygen atoms in total. The zero-order valence-corrected chi connectivity index (χ0v) is 27.2. The molecule has 0 saturated heterocycles. The normalized spacial score (nSPS) is 12.8. The maximum atomic E-state index is 12.4. The van der Waals surface area contributed by atoms with E-state index in [-0.39, 0.29) is 22.9 Å². The second-order valence-electron chi connectivity index (χ2n) is 10.9. The van der Waals surface area contributed by atoms with E-state index in [1.165, 1.54) is 6.07 Å². The predicted molar refractivity (Wildman–Crippen MR) is 187 cm³/mol. The molecule has 3 N–H and O–H groups in total. The second kappa shape index (κ2) is 13.5. The Hall–Kier alpha value is -5.38. The largest absolute Gasteiger partial charge is 0.492 e. The molecule has 1 aliphatic rings. The van der Waals surface area contributed by atoms with Crippen LogP contribution in [0.25, 0.3) is 27.7 Å². The van der Waals surface area contributed by atoms with E-state index in [1.54, 1.807) is 19.1 Å². The number of rotatable bonds is 10. The smallest absolute Gasteiger partial charge is 0.300 e. The number of nitrogens with one attached hydrogen (secondary N) is 2. The van der Waals surface area contributed by atoms with E-state index < -0.39 is 10.1 Å². The summed E-state index contributed by atoms with van der Waals surface area (Å²) in [7, 11) is -2.47. The highest BCUT2D eigenvalue weighted by atomic mass is 32.2. The fourth-order valence-corrected chi connectivity index (χ4v) is 6.70. The van der Waals surface area contributed by atoms with Crippen LogP contribution >= 0.6 is 0 Å². The molecule has 0 atom stereocenters. The molecule has 1 aromatic heterocycles. The molecule has 47 heavy (non-hydrogen) atoms.